The molecule has 0 aliphatic carbocycles. The molecule has 0 aromatic heterocycles. The summed E-state index contributed by atoms with van der Waals surface area (Å²) in [5.41, 5.74) is 7.68. The van der Waals surface area contributed by atoms with Crippen LogP contribution in [0, 0.1) is 32.1 Å². The first-order valence-corrected chi connectivity index (χ1v) is 11.4. The van der Waals surface area contributed by atoms with Gasteiger partial charge in [-0.05, 0) is 72.7 Å². The van der Waals surface area contributed by atoms with Crippen LogP contribution in [0.5, 0.6) is 0 Å². The lowest BCUT2D eigenvalue weighted by Gasteiger charge is -2.29. The highest BCUT2D eigenvalue weighted by Gasteiger charge is 2.30. The van der Waals surface area contributed by atoms with Crippen LogP contribution >= 0.6 is 0 Å². The van der Waals surface area contributed by atoms with Gasteiger partial charge in [0.2, 0.25) is 10.0 Å². The van der Waals surface area contributed by atoms with Gasteiger partial charge in [-0.1, -0.05) is 48.0 Å². The summed E-state index contributed by atoms with van der Waals surface area (Å²) in [6.45, 7) is 6.58. The number of aryl methyl sites for hydroxylation is 3. The summed E-state index contributed by atoms with van der Waals surface area (Å²) >= 11 is 0. The second kappa shape index (κ2) is 7.71. The Morgan fingerprint density at radius 2 is 1.50 bits per heavy atom. The summed E-state index contributed by atoms with van der Waals surface area (Å²) in [4.78, 5) is 0.436. The van der Waals surface area contributed by atoms with Crippen LogP contribution in [0.4, 0.5) is 0 Å². The highest BCUT2D eigenvalue weighted by Crippen LogP contribution is 2.31. The largest absolute Gasteiger partial charge is 0.243 e. The molecule has 0 amide bonds. The van der Waals surface area contributed by atoms with E-state index >= 15 is 0 Å². The van der Waals surface area contributed by atoms with Crippen molar-refractivity contribution in [3.05, 3.63) is 88.0 Å². The summed E-state index contributed by atoms with van der Waals surface area (Å²) < 4.78 is 28.4. The lowest BCUT2D eigenvalue weighted by atomic mass is 9.95. The minimum atomic E-state index is -3.55. The summed E-state index contributed by atoms with van der Waals surface area (Å²) in [5.74, 6) is 0. The molecule has 3 aromatic carbocycles. The van der Waals surface area contributed by atoms with Crippen LogP contribution in [0.15, 0.2) is 59.5 Å². The molecule has 0 unspecified atom stereocenters. The maximum absolute atomic E-state index is 13.4. The minimum Gasteiger partial charge on any atom is -0.207 e. The Kier molecular flexibility index (Phi) is 5.23. The number of rotatable bonds is 3. The summed E-state index contributed by atoms with van der Waals surface area (Å²) in [7, 11) is -3.55. The van der Waals surface area contributed by atoms with Gasteiger partial charge in [-0.15, -0.1) is 0 Å². The van der Waals surface area contributed by atoms with E-state index in [0.717, 1.165) is 33.4 Å². The molecule has 0 spiro atoms. The van der Waals surface area contributed by atoms with Crippen molar-refractivity contribution in [1.29, 1.82) is 5.26 Å². The van der Waals surface area contributed by atoms with Crippen LogP contribution in [0.3, 0.4) is 0 Å². The normalized spacial score (nSPS) is 14.2. The Balaban J connectivity index is 1.63. The molecule has 30 heavy (non-hydrogen) atoms. The van der Waals surface area contributed by atoms with Crippen molar-refractivity contribution >= 4 is 10.0 Å². The fraction of sp³-hybridized carbons (Fsp3) is 0.240. The highest BCUT2D eigenvalue weighted by molar-refractivity contribution is 7.89. The predicted molar refractivity (Wildman–Crippen MR) is 119 cm³/mol. The number of benzene rings is 3. The number of hydrogen-bond acceptors (Lipinski definition) is 3. The molecule has 0 saturated heterocycles. The number of hydrogen-bond donors (Lipinski definition) is 0. The van der Waals surface area contributed by atoms with Crippen molar-refractivity contribution in [1.82, 2.24) is 4.31 Å². The van der Waals surface area contributed by atoms with Gasteiger partial charge in [-0.3, -0.25) is 0 Å². The average molecular weight is 417 g/mol. The molecule has 4 rings (SSSR count). The average Bonchev–Trinajstić information content (AvgIpc) is 2.72. The molecule has 0 radical (unpaired) electrons. The molecular weight excluding hydrogens is 392 g/mol. The van der Waals surface area contributed by atoms with E-state index in [1.165, 1.54) is 5.56 Å². The molecule has 0 bridgehead atoms. The molecule has 1 aliphatic heterocycles. The SMILES string of the molecule is Cc1cc(C)c(S(=O)(=O)N2CCc3cc(-c4ccc(C#N)cc4)ccc3C2)c(C)c1. The first-order chi connectivity index (χ1) is 14.3. The molecule has 5 heteroatoms. The number of nitriles is 1. The number of fused-ring (bicyclic) bond motifs is 1. The van der Waals surface area contributed by atoms with E-state index in [9.17, 15) is 8.42 Å². The van der Waals surface area contributed by atoms with E-state index < -0.39 is 10.0 Å². The van der Waals surface area contributed by atoms with E-state index in [2.05, 4.69) is 12.1 Å². The Labute approximate surface area is 178 Å². The van der Waals surface area contributed by atoms with Crippen LogP contribution in [-0.2, 0) is 23.0 Å². The van der Waals surface area contributed by atoms with E-state index in [0.29, 0.717) is 30.0 Å². The maximum Gasteiger partial charge on any atom is 0.243 e. The van der Waals surface area contributed by atoms with Gasteiger partial charge in [-0.25, -0.2) is 8.42 Å². The van der Waals surface area contributed by atoms with Crippen molar-refractivity contribution < 1.29 is 8.42 Å². The first-order valence-electron chi connectivity index (χ1n) is 10.00. The first kappa shape index (κ1) is 20.3. The third-order valence-corrected chi connectivity index (χ3v) is 7.88. The van der Waals surface area contributed by atoms with Crippen molar-refractivity contribution in [2.45, 2.75) is 38.6 Å². The second-order valence-corrected chi connectivity index (χ2v) is 9.86. The van der Waals surface area contributed by atoms with Gasteiger partial charge in [0.15, 0.2) is 0 Å². The smallest absolute Gasteiger partial charge is 0.207 e. The quantitative estimate of drug-likeness (QED) is 0.610. The van der Waals surface area contributed by atoms with Gasteiger partial charge in [0.05, 0.1) is 16.5 Å². The zero-order valence-electron chi connectivity index (χ0n) is 17.4. The Bertz CT molecular complexity index is 1250. The van der Waals surface area contributed by atoms with Gasteiger partial charge >= 0.3 is 0 Å². The van der Waals surface area contributed by atoms with Gasteiger partial charge in [0.1, 0.15) is 0 Å². The van der Waals surface area contributed by atoms with Crippen LogP contribution < -0.4 is 0 Å². The molecular formula is C25H24N2O2S. The maximum atomic E-state index is 13.4. The summed E-state index contributed by atoms with van der Waals surface area (Å²) in [6.07, 6.45) is 0.683. The lowest BCUT2D eigenvalue weighted by Crippen LogP contribution is -2.36. The molecule has 0 atom stereocenters. The van der Waals surface area contributed by atoms with E-state index in [1.807, 2.05) is 69.3 Å². The molecule has 3 aromatic rings. The van der Waals surface area contributed by atoms with E-state index in [4.69, 9.17) is 5.26 Å². The monoisotopic (exact) mass is 416 g/mol. The van der Waals surface area contributed by atoms with Crippen LogP contribution in [0.25, 0.3) is 11.1 Å². The van der Waals surface area contributed by atoms with Gasteiger partial charge in [0, 0.05) is 13.1 Å². The zero-order chi connectivity index (χ0) is 21.5. The summed E-state index contributed by atoms with van der Waals surface area (Å²) in [5, 5.41) is 8.97. The predicted octanol–water partition coefficient (Wildman–Crippen LogP) is 4.90. The molecule has 4 nitrogen and oxygen atoms in total. The Morgan fingerprint density at radius 1 is 0.867 bits per heavy atom. The molecule has 0 fully saturated rings. The van der Waals surface area contributed by atoms with Crippen LogP contribution in [0.1, 0.15) is 33.4 Å². The zero-order valence-corrected chi connectivity index (χ0v) is 18.3. The highest BCUT2D eigenvalue weighted by atomic mass is 32.2. The van der Waals surface area contributed by atoms with Crippen molar-refractivity contribution in [2.24, 2.45) is 0 Å². The molecule has 0 N–H and O–H groups in total. The molecule has 152 valence electrons. The van der Waals surface area contributed by atoms with Gasteiger partial charge < -0.3 is 0 Å². The fourth-order valence-electron chi connectivity index (χ4n) is 4.35. The van der Waals surface area contributed by atoms with Crippen molar-refractivity contribution in [2.75, 3.05) is 6.54 Å². The molecule has 1 aliphatic rings. The van der Waals surface area contributed by atoms with E-state index in [1.54, 1.807) is 4.31 Å². The minimum absolute atomic E-state index is 0.387. The van der Waals surface area contributed by atoms with Crippen LogP contribution in [0.2, 0.25) is 0 Å². The van der Waals surface area contributed by atoms with Crippen molar-refractivity contribution in [3.63, 3.8) is 0 Å². The van der Waals surface area contributed by atoms with Crippen LogP contribution in [-0.4, -0.2) is 19.3 Å². The topological polar surface area (TPSA) is 61.2 Å². The number of nitrogens with zero attached hydrogens (tertiary/aromatic N) is 2. The molecule has 0 saturated carbocycles. The third kappa shape index (κ3) is 3.65. The van der Waals surface area contributed by atoms with E-state index in [-0.39, 0.29) is 0 Å². The third-order valence-electron chi connectivity index (χ3n) is 5.73. The summed E-state index contributed by atoms with van der Waals surface area (Å²) in [6, 6.07) is 19.7. The lowest BCUT2D eigenvalue weighted by molar-refractivity contribution is 0.391. The Hall–Kier alpha value is -2.94. The fourth-order valence-corrected chi connectivity index (χ4v) is 6.18. The van der Waals surface area contributed by atoms with Gasteiger partial charge in [0.25, 0.3) is 0 Å². The van der Waals surface area contributed by atoms with Gasteiger partial charge in [-0.2, -0.15) is 9.57 Å². The second-order valence-electron chi connectivity index (χ2n) is 7.99. The van der Waals surface area contributed by atoms with Crippen molar-refractivity contribution in [3.8, 4) is 17.2 Å². The standard InChI is InChI=1S/C25H24N2O2S/c1-17-12-18(2)25(19(3)13-17)30(28,29)27-11-10-23-14-22(8-9-24(23)16-27)21-6-4-20(15-26)5-7-21/h4-9,12-14H,10-11,16H2,1-3H3. The molecule has 1 heterocycles. The number of sulfonamides is 1. The Morgan fingerprint density at radius 3 is 2.13 bits per heavy atom.